The van der Waals surface area contributed by atoms with Gasteiger partial charge in [0.05, 0.1) is 12.2 Å². The van der Waals surface area contributed by atoms with Crippen LogP contribution >= 0.6 is 0 Å². The van der Waals surface area contributed by atoms with E-state index in [1.54, 1.807) is 6.07 Å². The second-order valence-corrected chi connectivity index (χ2v) is 7.96. The summed E-state index contributed by atoms with van der Waals surface area (Å²) in [5.74, 6) is -0.296. The second-order valence-electron chi connectivity index (χ2n) is 7.96. The number of phenolic OH excluding ortho intramolecular Hbond substituents is 1. The maximum Gasteiger partial charge on any atom is 0.275 e. The highest BCUT2D eigenvalue weighted by Crippen LogP contribution is 2.35. The van der Waals surface area contributed by atoms with Crippen LogP contribution in [0.1, 0.15) is 28.0 Å². The minimum atomic E-state index is -0.577. The molecule has 2 aromatic heterocycles. The van der Waals surface area contributed by atoms with Gasteiger partial charge in [-0.1, -0.05) is 24.3 Å². The molecule has 5 rings (SSSR count). The number of nitrogens with zero attached hydrogens (tertiary/aromatic N) is 6. The Kier molecular flexibility index (Phi) is 5.60. The number of hydrogen-bond donors (Lipinski definition) is 2. The number of benzene rings is 2. The molecule has 1 aliphatic carbocycles. The standard InChI is InChI=1S/C23H21N7O4/c1-30(2)10-5-11-33-13-8-9-16(17(31)12-13)23(32)27-26-19-15-7-4-3-6-14(15)18-20(19)25-22-21(24-18)28-34-29-22/h3-4,6-9,12,31H,5,10-11H2,1-2H3,(H,27,32)/b26-19-. The number of ether oxygens (including phenoxy) is 1. The fourth-order valence-corrected chi connectivity index (χ4v) is 3.66. The van der Waals surface area contributed by atoms with E-state index >= 15 is 0 Å². The fraction of sp³-hybridized carbons (Fsp3) is 0.217. The Morgan fingerprint density at radius 3 is 2.56 bits per heavy atom. The highest BCUT2D eigenvalue weighted by molar-refractivity contribution is 6.23. The average Bonchev–Trinajstić information content (AvgIpc) is 3.40. The summed E-state index contributed by atoms with van der Waals surface area (Å²) >= 11 is 0. The number of carbonyl (C=O) groups excluding carboxylic acids is 1. The normalized spacial score (nSPS) is 13.3. The molecule has 0 atom stereocenters. The first-order chi connectivity index (χ1) is 16.5. The van der Waals surface area contributed by atoms with E-state index in [2.05, 4.69) is 35.7 Å². The quantitative estimate of drug-likeness (QED) is 0.277. The van der Waals surface area contributed by atoms with Gasteiger partial charge >= 0.3 is 0 Å². The Bertz CT molecular complexity index is 1410. The van der Waals surface area contributed by atoms with Crippen molar-refractivity contribution in [3.8, 4) is 22.8 Å². The molecule has 1 aliphatic rings. The molecule has 0 saturated carbocycles. The molecule has 2 N–H and O–H groups in total. The number of phenols is 1. The summed E-state index contributed by atoms with van der Waals surface area (Å²) in [4.78, 5) is 23.8. The molecule has 11 heteroatoms. The molecule has 172 valence electrons. The maximum absolute atomic E-state index is 12.8. The van der Waals surface area contributed by atoms with Crippen molar-refractivity contribution < 1.29 is 19.3 Å². The molecule has 2 aromatic carbocycles. The van der Waals surface area contributed by atoms with E-state index in [0.29, 0.717) is 29.5 Å². The van der Waals surface area contributed by atoms with Crippen molar-refractivity contribution in [2.45, 2.75) is 6.42 Å². The number of rotatable bonds is 7. The number of amides is 1. The van der Waals surface area contributed by atoms with Crippen LogP contribution in [-0.4, -0.2) is 69.2 Å². The zero-order chi connectivity index (χ0) is 23.7. The van der Waals surface area contributed by atoms with Gasteiger partial charge < -0.3 is 14.7 Å². The first-order valence-electron chi connectivity index (χ1n) is 10.6. The van der Waals surface area contributed by atoms with E-state index in [1.165, 1.54) is 12.1 Å². The zero-order valence-corrected chi connectivity index (χ0v) is 18.5. The number of hydrazone groups is 1. The van der Waals surface area contributed by atoms with Gasteiger partial charge in [-0.2, -0.15) is 5.10 Å². The van der Waals surface area contributed by atoms with Gasteiger partial charge in [-0.15, -0.1) is 0 Å². The monoisotopic (exact) mass is 459 g/mol. The van der Waals surface area contributed by atoms with Crippen LogP contribution in [0.5, 0.6) is 11.5 Å². The summed E-state index contributed by atoms with van der Waals surface area (Å²) in [6, 6.07) is 12.0. The number of nitrogens with one attached hydrogen (secondary N) is 1. The summed E-state index contributed by atoms with van der Waals surface area (Å²) in [6.45, 7) is 1.40. The highest BCUT2D eigenvalue weighted by atomic mass is 16.6. The second kappa shape index (κ2) is 8.87. The number of fused-ring (bicyclic) bond motifs is 4. The van der Waals surface area contributed by atoms with Crippen molar-refractivity contribution >= 4 is 22.9 Å². The molecule has 0 bridgehead atoms. The van der Waals surface area contributed by atoms with Crippen LogP contribution in [0.3, 0.4) is 0 Å². The molecule has 11 nitrogen and oxygen atoms in total. The molecule has 0 spiro atoms. The Balaban J connectivity index is 1.37. The summed E-state index contributed by atoms with van der Waals surface area (Å²) in [6.07, 6.45) is 0.843. The molecule has 2 heterocycles. The van der Waals surface area contributed by atoms with Crippen molar-refractivity contribution in [3.05, 3.63) is 59.3 Å². The van der Waals surface area contributed by atoms with Crippen molar-refractivity contribution in [2.24, 2.45) is 5.10 Å². The molecular formula is C23H21N7O4. The van der Waals surface area contributed by atoms with Crippen molar-refractivity contribution in [2.75, 3.05) is 27.2 Å². The highest BCUT2D eigenvalue weighted by Gasteiger charge is 2.29. The van der Waals surface area contributed by atoms with E-state index in [4.69, 9.17) is 9.37 Å². The maximum atomic E-state index is 12.8. The van der Waals surface area contributed by atoms with Crippen molar-refractivity contribution in [1.29, 1.82) is 0 Å². The molecule has 0 saturated heterocycles. The van der Waals surface area contributed by atoms with Crippen LogP contribution in [-0.2, 0) is 0 Å². The van der Waals surface area contributed by atoms with Gasteiger partial charge in [-0.05, 0) is 43.0 Å². The van der Waals surface area contributed by atoms with E-state index in [9.17, 15) is 9.90 Å². The lowest BCUT2D eigenvalue weighted by atomic mass is 10.1. The molecule has 0 aliphatic heterocycles. The van der Waals surface area contributed by atoms with E-state index in [1.807, 2.05) is 38.4 Å². The Morgan fingerprint density at radius 2 is 1.82 bits per heavy atom. The average molecular weight is 459 g/mol. The number of carbonyl (C=O) groups is 1. The smallest absolute Gasteiger partial charge is 0.275 e. The topological polar surface area (TPSA) is 139 Å². The molecule has 1 amide bonds. The van der Waals surface area contributed by atoms with Gasteiger partial charge in [0, 0.05) is 23.7 Å². The summed E-state index contributed by atoms with van der Waals surface area (Å²) in [5.41, 5.74) is 6.12. The lowest BCUT2D eigenvalue weighted by Gasteiger charge is -2.11. The van der Waals surface area contributed by atoms with Gasteiger partial charge in [-0.3, -0.25) is 4.79 Å². The van der Waals surface area contributed by atoms with Crippen LogP contribution in [0, 0.1) is 0 Å². The van der Waals surface area contributed by atoms with E-state index in [-0.39, 0.29) is 22.6 Å². The fourth-order valence-electron chi connectivity index (χ4n) is 3.66. The lowest BCUT2D eigenvalue weighted by Crippen LogP contribution is -2.20. The summed E-state index contributed by atoms with van der Waals surface area (Å²) in [7, 11) is 3.98. The van der Waals surface area contributed by atoms with E-state index in [0.717, 1.165) is 24.1 Å². The zero-order valence-electron chi connectivity index (χ0n) is 18.5. The third-order valence-corrected chi connectivity index (χ3v) is 5.28. The van der Waals surface area contributed by atoms with Crippen molar-refractivity contribution in [3.63, 3.8) is 0 Å². The predicted octanol–water partition coefficient (Wildman–Crippen LogP) is 2.21. The molecule has 4 aromatic rings. The largest absolute Gasteiger partial charge is 0.507 e. The minimum absolute atomic E-state index is 0.0683. The summed E-state index contributed by atoms with van der Waals surface area (Å²) in [5, 5.41) is 22.2. The molecule has 0 unspecified atom stereocenters. The summed E-state index contributed by atoms with van der Waals surface area (Å²) < 4.78 is 10.4. The predicted molar refractivity (Wildman–Crippen MR) is 123 cm³/mol. The van der Waals surface area contributed by atoms with Crippen LogP contribution in [0.4, 0.5) is 0 Å². The third-order valence-electron chi connectivity index (χ3n) is 5.28. The SMILES string of the molecule is CN(C)CCCOc1ccc(C(=O)N/N=C2/c3ccccc3-c3nc4nonc4nc32)c(O)c1. The molecule has 34 heavy (non-hydrogen) atoms. The van der Waals surface area contributed by atoms with Gasteiger partial charge in [0.2, 0.25) is 11.3 Å². The lowest BCUT2D eigenvalue weighted by molar-refractivity contribution is 0.0952. The third kappa shape index (κ3) is 4.04. The Hall–Kier alpha value is -4.38. The minimum Gasteiger partial charge on any atom is -0.507 e. The van der Waals surface area contributed by atoms with Gasteiger partial charge in [-0.25, -0.2) is 20.0 Å². The molecule has 0 fully saturated rings. The Labute approximate surface area is 194 Å². The van der Waals surface area contributed by atoms with Crippen LogP contribution in [0.25, 0.3) is 22.6 Å². The van der Waals surface area contributed by atoms with E-state index < -0.39 is 5.91 Å². The molecular weight excluding hydrogens is 438 g/mol. The van der Waals surface area contributed by atoms with Crippen LogP contribution < -0.4 is 10.2 Å². The number of aromatic nitrogens is 4. The number of aromatic hydroxyl groups is 1. The Morgan fingerprint density at radius 1 is 1.09 bits per heavy atom. The van der Waals surface area contributed by atoms with Gasteiger partial charge in [0.15, 0.2) is 0 Å². The number of hydrogen-bond acceptors (Lipinski definition) is 10. The first kappa shape index (κ1) is 21.5. The van der Waals surface area contributed by atoms with Crippen LogP contribution in [0.2, 0.25) is 0 Å². The van der Waals surface area contributed by atoms with Crippen LogP contribution in [0.15, 0.2) is 52.2 Å². The first-order valence-corrected chi connectivity index (χ1v) is 10.6. The molecule has 0 radical (unpaired) electrons. The van der Waals surface area contributed by atoms with Gasteiger partial charge in [0.1, 0.15) is 28.6 Å². The van der Waals surface area contributed by atoms with Gasteiger partial charge in [0.25, 0.3) is 5.91 Å². The van der Waals surface area contributed by atoms with Crippen molar-refractivity contribution in [1.82, 2.24) is 30.6 Å².